The third kappa shape index (κ3) is 2.52. The number of piperidine rings is 1. The van der Waals surface area contributed by atoms with Gasteiger partial charge in [-0.05, 0) is 38.9 Å². The monoisotopic (exact) mass is 210 g/mol. The Hall–Kier alpha value is -0.120. The van der Waals surface area contributed by atoms with Crippen LogP contribution < -0.4 is 0 Å². The summed E-state index contributed by atoms with van der Waals surface area (Å²) in [5.41, 5.74) is 0. The highest BCUT2D eigenvalue weighted by atomic mass is 16.6. The van der Waals surface area contributed by atoms with Crippen LogP contribution in [0, 0.1) is 0 Å². The molecule has 3 heterocycles. The fourth-order valence-electron chi connectivity index (χ4n) is 3.02. The summed E-state index contributed by atoms with van der Waals surface area (Å²) in [6.45, 7) is 7.47. The van der Waals surface area contributed by atoms with Crippen LogP contribution in [0.15, 0.2) is 0 Å². The molecule has 3 nitrogen and oxygen atoms in total. The van der Waals surface area contributed by atoms with Crippen molar-refractivity contribution in [1.82, 2.24) is 9.80 Å². The molecule has 3 aliphatic rings. The molecule has 86 valence electrons. The second-order valence-corrected chi connectivity index (χ2v) is 5.25. The average Bonchev–Trinajstić information content (AvgIpc) is 2.96. The van der Waals surface area contributed by atoms with Crippen molar-refractivity contribution in [3.05, 3.63) is 0 Å². The van der Waals surface area contributed by atoms with Gasteiger partial charge >= 0.3 is 0 Å². The lowest BCUT2D eigenvalue weighted by atomic mass is 10.1. The van der Waals surface area contributed by atoms with Gasteiger partial charge in [0, 0.05) is 19.1 Å². The standard InChI is InChI=1S/C12H22N2O/c1-2-5-14(6-3-1)11-4-7-13(8-11)9-12-10-15-12/h11-12H,1-10H2. The van der Waals surface area contributed by atoms with Gasteiger partial charge in [0.15, 0.2) is 0 Å². The second kappa shape index (κ2) is 4.40. The summed E-state index contributed by atoms with van der Waals surface area (Å²) in [7, 11) is 0. The Labute approximate surface area is 92.4 Å². The molecule has 0 N–H and O–H groups in total. The van der Waals surface area contributed by atoms with Gasteiger partial charge in [-0.25, -0.2) is 0 Å². The first kappa shape index (κ1) is 10.1. The molecule has 3 heteroatoms. The van der Waals surface area contributed by atoms with Crippen molar-refractivity contribution in [3.63, 3.8) is 0 Å². The molecule has 3 saturated heterocycles. The largest absolute Gasteiger partial charge is 0.372 e. The van der Waals surface area contributed by atoms with Crippen LogP contribution in [0.3, 0.4) is 0 Å². The molecule has 0 spiro atoms. The minimum absolute atomic E-state index is 0.574. The Morgan fingerprint density at radius 3 is 2.60 bits per heavy atom. The molecule has 2 unspecified atom stereocenters. The van der Waals surface area contributed by atoms with Crippen molar-refractivity contribution in [2.24, 2.45) is 0 Å². The number of nitrogens with zero attached hydrogens (tertiary/aromatic N) is 2. The molecule has 0 radical (unpaired) electrons. The average molecular weight is 210 g/mol. The minimum Gasteiger partial charge on any atom is -0.372 e. The summed E-state index contributed by atoms with van der Waals surface area (Å²) in [6.07, 6.45) is 6.24. The molecule has 3 fully saturated rings. The summed E-state index contributed by atoms with van der Waals surface area (Å²) >= 11 is 0. The lowest BCUT2D eigenvalue weighted by molar-refractivity contribution is 0.160. The zero-order valence-corrected chi connectivity index (χ0v) is 9.53. The Balaban J connectivity index is 1.46. The molecule has 2 atom stereocenters. The van der Waals surface area contributed by atoms with Crippen LogP contribution in [-0.4, -0.2) is 61.3 Å². The van der Waals surface area contributed by atoms with Crippen LogP contribution in [-0.2, 0) is 4.74 Å². The molecule has 3 aliphatic heterocycles. The van der Waals surface area contributed by atoms with E-state index in [1.54, 1.807) is 0 Å². The number of rotatable bonds is 3. The van der Waals surface area contributed by atoms with Crippen LogP contribution >= 0.6 is 0 Å². The van der Waals surface area contributed by atoms with Crippen LogP contribution in [0.4, 0.5) is 0 Å². The summed E-state index contributed by atoms with van der Waals surface area (Å²) in [5.74, 6) is 0. The van der Waals surface area contributed by atoms with E-state index in [-0.39, 0.29) is 0 Å². The molecule has 0 saturated carbocycles. The Kier molecular flexibility index (Phi) is 2.95. The van der Waals surface area contributed by atoms with E-state index in [2.05, 4.69) is 9.80 Å². The summed E-state index contributed by atoms with van der Waals surface area (Å²) in [4.78, 5) is 5.31. The number of epoxide rings is 1. The number of likely N-dealkylation sites (tertiary alicyclic amines) is 2. The van der Waals surface area contributed by atoms with Gasteiger partial charge in [-0.3, -0.25) is 9.80 Å². The number of hydrogen-bond donors (Lipinski definition) is 0. The van der Waals surface area contributed by atoms with Gasteiger partial charge in [0.05, 0.1) is 12.7 Å². The zero-order chi connectivity index (χ0) is 10.1. The van der Waals surface area contributed by atoms with E-state index in [4.69, 9.17) is 4.74 Å². The van der Waals surface area contributed by atoms with Crippen molar-refractivity contribution in [1.29, 1.82) is 0 Å². The van der Waals surface area contributed by atoms with Crippen LogP contribution in [0.2, 0.25) is 0 Å². The van der Waals surface area contributed by atoms with Gasteiger partial charge < -0.3 is 4.74 Å². The third-order valence-corrected chi connectivity index (χ3v) is 4.02. The van der Waals surface area contributed by atoms with E-state index in [1.165, 1.54) is 58.4 Å². The molecule has 0 bridgehead atoms. The second-order valence-electron chi connectivity index (χ2n) is 5.25. The Morgan fingerprint density at radius 1 is 1.07 bits per heavy atom. The summed E-state index contributed by atoms with van der Waals surface area (Å²) in [6, 6.07) is 0.851. The normalized spacial score (nSPS) is 38.4. The first-order chi connectivity index (χ1) is 7.42. The lowest BCUT2D eigenvalue weighted by Gasteiger charge is -2.32. The molecule has 0 aliphatic carbocycles. The highest BCUT2D eigenvalue weighted by Gasteiger charge is 2.32. The van der Waals surface area contributed by atoms with Crippen molar-refractivity contribution in [2.45, 2.75) is 37.8 Å². The van der Waals surface area contributed by atoms with Gasteiger partial charge in [0.1, 0.15) is 0 Å². The molecule has 0 aromatic heterocycles. The highest BCUT2D eigenvalue weighted by Crippen LogP contribution is 2.22. The van der Waals surface area contributed by atoms with Crippen LogP contribution in [0.5, 0.6) is 0 Å². The number of hydrogen-bond acceptors (Lipinski definition) is 3. The van der Waals surface area contributed by atoms with Crippen molar-refractivity contribution in [3.8, 4) is 0 Å². The maximum atomic E-state index is 5.30. The van der Waals surface area contributed by atoms with Gasteiger partial charge in [0.25, 0.3) is 0 Å². The summed E-state index contributed by atoms with van der Waals surface area (Å²) < 4.78 is 5.30. The van der Waals surface area contributed by atoms with E-state index in [1.807, 2.05) is 0 Å². The minimum atomic E-state index is 0.574. The maximum absolute atomic E-state index is 5.30. The van der Waals surface area contributed by atoms with Gasteiger partial charge in [-0.1, -0.05) is 6.42 Å². The van der Waals surface area contributed by atoms with Gasteiger partial charge in [-0.15, -0.1) is 0 Å². The smallest absolute Gasteiger partial charge is 0.0936 e. The van der Waals surface area contributed by atoms with E-state index in [0.29, 0.717) is 6.10 Å². The Bertz CT molecular complexity index is 212. The highest BCUT2D eigenvalue weighted by molar-refractivity contribution is 4.87. The topological polar surface area (TPSA) is 19.0 Å². The third-order valence-electron chi connectivity index (χ3n) is 4.02. The number of ether oxygens (including phenoxy) is 1. The molecule has 15 heavy (non-hydrogen) atoms. The maximum Gasteiger partial charge on any atom is 0.0936 e. The molecule has 0 aromatic carbocycles. The fourth-order valence-corrected chi connectivity index (χ4v) is 3.02. The van der Waals surface area contributed by atoms with Gasteiger partial charge in [-0.2, -0.15) is 0 Å². The van der Waals surface area contributed by atoms with E-state index >= 15 is 0 Å². The van der Waals surface area contributed by atoms with Crippen molar-refractivity contribution in [2.75, 3.05) is 39.3 Å². The summed E-state index contributed by atoms with van der Waals surface area (Å²) in [5, 5.41) is 0. The van der Waals surface area contributed by atoms with Crippen LogP contribution in [0.25, 0.3) is 0 Å². The van der Waals surface area contributed by atoms with Crippen molar-refractivity contribution < 1.29 is 4.74 Å². The predicted molar refractivity (Wildman–Crippen MR) is 60.0 cm³/mol. The molecule has 0 aromatic rings. The van der Waals surface area contributed by atoms with E-state index in [9.17, 15) is 0 Å². The first-order valence-electron chi connectivity index (χ1n) is 6.50. The molecular formula is C12H22N2O. The fraction of sp³-hybridized carbons (Fsp3) is 1.00. The SMILES string of the molecule is C1CCN(C2CCN(CC3CO3)C2)CC1. The van der Waals surface area contributed by atoms with Crippen LogP contribution in [0.1, 0.15) is 25.7 Å². The predicted octanol–water partition coefficient (Wildman–Crippen LogP) is 0.945. The van der Waals surface area contributed by atoms with E-state index < -0.39 is 0 Å². The lowest BCUT2D eigenvalue weighted by Crippen LogP contribution is -2.41. The zero-order valence-electron chi connectivity index (χ0n) is 9.53. The van der Waals surface area contributed by atoms with Crippen molar-refractivity contribution >= 4 is 0 Å². The van der Waals surface area contributed by atoms with Gasteiger partial charge in [0.2, 0.25) is 0 Å². The Morgan fingerprint density at radius 2 is 1.87 bits per heavy atom. The first-order valence-corrected chi connectivity index (χ1v) is 6.50. The quantitative estimate of drug-likeness (QED) is 0.646. The van der Waals surface area contributed by atoms with E-state index in [0.717, 1.165) is 12.6 Å². The molecule has 0 amide bonds. The molecular weight excluding hydrogens is 188 g/mol. The molecule has 3 rings (SSSR count).